The number of nitrogens with zero attached hydrogens (tertiary/aromatic N) is 3. The van der Waals surface area contributed by atoms with Gasteiger partial charge in [-0.15, -0.1) is 10.2 Å². The summed E-state index contributed by atoms with van der Waals surface area (Å²) in [5.41, 5.74) is 3.17. The maximum atomic E-state index is 12.1. The van der Waals surface area contributed by atoms with Gasteiger partial charge in [0.25, 0.3) is 0 Å². The molecule has 0 bridgehead atoms. The van der Waals surface area contributed by atoms with E-state index in [9.17, 15) is 4.79 Å². The lowest BCUT2D eigenvalue weighted by molar-refractivity contribution is -0.118. The highest BCUT2D eigenvalue weighted by Gasteiger charge is 2.08. The molecule has 0 atom stereocenters. The third-order valence-electron chi connectivity index (χ3n) is 3.70. The van der Waals surface area contributed by atoms with E-state index in [0.717, 1.165) is 21.3 Å². The highest BCUT2D eigenvalue weighted by molar-refractivity contribution is 8.01. The number of aromatic nitrogens is 2. The Morgan fingerprint density at radius 1 is 1.07 bits per heavy atom. The summed E-state index contributed by atoms with van der Waals surface area (Å²) in [7, 11) is 4.00. The van der Waals surface area contributed by atoms with E-state index in [1.54, 1.807) is 0 Å². The van der Waals surface area contributed by atoms with Gasteiger partial charge in [-0.25, -0.2) is 0 Å². The number of carbonyl (C=O) groups excluding carboxylic acids is 1. The maximum Gasteiger partial charge on any atom is 0.230 e. The summed E-state index contributed by atoms with van der Waals surface area (Å²) in [4.78, 5) is 14.1. The highest BCUT2D eigenvalue weighted by Crippen LogP contribution is 2.27. The third kappa shape index (κ3) is 5.97. The van der Waals surface area contributed by atoms with E-state index in [0.29, 0.717) is 17.4 Å². The Labute approximate surface area is 167 Å². The van der Waals surface area contributed by atoms with Crippen LogP contribution in [0.4, 0.5) is 16.5 Å². The van der Waals surface area contributed by atoms with Crippen LogP contribution in [0.1, 0.15) is 5.56 Å². The third-order valence-corrected chi connectivity index (χ3v) is 5.67. The number of thioether (sulfide) groups is 1. The molecule has 8 heteroatoms. The Hall–Kier alpha value is -2.58. The molecule has 1 aromatic heterocycles. The van der Waals surface area contributed by atoms with Gasteiger partial charge in [-0.2, -0.15) is 0 Å². The predicted octanol–water partition coefficient (Wildman–Crippen LogP) is 3.76. The molecule has 1 amide bonds. The zero-order valence-corrected chi connectivity index (χ0v) is 16.8. The summed E-state index contributed by atoms with van der Waals surface area (Å²) in [6, 6.07) is 17.9. The molecule has 3 rings (SSSR count). The second-order valence-electron chi connectivity index (χ2n) is 5.99. The lowest BCUT2D eigenvalue weighted by Gasteiger charge is -2.12. The second-order valence-corrected chi connectivity index (χ2v) is 8.19. The Kier molecular flexibility index (Phi) is 6.67. The average molecular weight is 400 g/mol. The van der Waals surface area contributed by atoms with Crippen LogP contribution in [0.15, 0.2) is 58.9 Å². The van der Waals surface area contributed by atoms with Gasteiger partial charge in [0.1, 0.15) is 0 Å². The minimum atomic E-state index is -0.0237. The molecular formula is C19H21N5OS2. The van der Waals surface area contributed by atoms with Crippen LogP contribution in [0, 0.1) is 0 Å². The molecule has 0 saturated carbocycles. The van der Waals surface area contributed by atoms with Crippen LogP contribution < -0.4 is 15.5 Å². The first-order chi connectivity index (χ1) is 13.1. The van der Waals surface area contributed by atoms with Gasteiger partial charge in [0, 0.05) is 32.0 Å². The first-order valence-corrected chi connectivity index (χ1v) is 10.2. The molecule has 2 N–H and O–H groups in total. The minimum Gasteiger partial charge on any atom is -0.378 e. The van der Waals surface area contributed by atoms with Gasteiger partial charge in [-0.1, -0.05) is 53.4 Å². The summed E-state index contributed by atoms with van der Waals surface area (Å²) >= 11 is 2.82. The zero-order chi connectivity index (χ0) is 19.1. The van der Waals surface area contributed by atoms with E-state index in [4.69, 9.17) is 0 Å². The SMILES string of the molecule is CN(C)c1ccc(CNC(=O)CSc2nnc(Nc3ccccc3)s2)cc1. The smallest absolute Gasteiger partial charge is 0.230 e. The van der Waals surface area contributed by atoms with Crippen LogP contribution in [-0.2, 0) is 11.3 Å². The Morgan fingerprint density at radius 3 is 2.52 bits per heavy atom. The van der Waals surface area contributed by atoms with Gasteiger partial charge < -0.3 is 15.5 Å². The van der Waals surface area contributed by atoms with Crippen molar-refractivity contribution in [3.05, 3.63) is 60.2 Å². The number of carbonyl (C=O) groups is 1. The molecule has 3 aromatic rings. The Bertz CT molecular complexity index is 865. The van der Waals surface area contributed by atoms with Gasteiger partial charge in [0.15, 0.2) is 4.34 Å². The van der Waals surface area contributed by atoms with Crippen molar-refractivity contribution < 1.29 is 4.79 Å². The topological polar surface area (TPSA) is 70.2 Å². The summed E-state index contributed by atoms with van der Waals surface area (Å²) in [5, 5.41) is 15.1. The number of anilines is 3. The van der Waals surface area contributed by atoms with E-state index in [1.165, 1.54) is 23.1 Å². The van der Waals surface area contributed by atoms with Crippen molar-refractivity contribution in [3.8, 4) is 0 Å². The van der Waals surface area contributed by atoms with Crippen molar-refractivity contribution in [2.24, 2.45) is 0 Å². The van der Waals surface area contributed by atoms with Crippen molar-refractivity contribution in [1.82, 2.24) is 15.5 Å². The normalized spacial score (nSPS) is 10.4. The monoisotopic (exact) mass is 399 g/mol. The van der Waals surface area contributed by atoms with E-state index < -0.39 is 0 Å². The fourth-order valence-electron chi connectivity index (χ4n) is 2.25. The van der Waals surface area contributed by atoms with Gasteiger partial charge in [-0.3, -0.25) is 4.79 Å². The fraction of sp³-hybridized carbons (Fsp3) is 0.211. The number of benzene rings is 2. The van der Waals surface area contributed by atoms with E-state index in [2.05, 4.69) is 20.8 Å². The summed E-state index contributed by atoms with van der Waals surface area (Å²) in [6.07, 6.45) is 0. The summed E-state index contributed by atoms with van der Waals surface area (Å²) in [6.45, 7) is 0.518. The number of hydrogen-bond donors (Lipinski definition) is 2. The van der Waals surface area contributed by atoms with E-state index in [-0.39, 0.29) is 5.91 Å². The number of para-hydroxylation sites is 1. The summed E-state index contributed by atoms with van der Waals surface area (Å²) in [5.74, 6) is 0.292. The van der Waals surface area contributed by atoms with Crippen molar-refractivity contribution >= 4 is 45.5 Å². The van der Waals surface area contributed by atoms with Crippen LogP contribution >= 0.6 is 23.1 Å². The largest absolute Gasteiger partial charge is 0.378 e. The minimum absolute atomic E-state index is 0.0237. The van der Waals surface area contributed by atoms with Gasteiger partial charge in [0.2, 0.25) is 11.0 Å². The van der Waals surface area contributed by atoms with E-state index in [1.807, 2.05) is 73.6 Å². The molecule has 0 saturated heterocycles. The molecule has 6 nitrogen and oxygen atoms in total. The number of rotatable bonds is 8. The zero-order valence-electron chi connectivity index (χ0n) is 15.2. The molecular weight excluding hydrogens is 378 g/mol. The van der Waals surface area contributed by atoms with Crippen LogP contribution in [0.3, 0.4) is 0 Å². The van der Waals surface area contributed by atoms with Crippen LogP contribution in [0.2, 0.25) is 0 Å². The van der Waals surface area contributed by atoms with Gasteiger partial charge in [0.05, 0.1) is 5.75 Å². The quantitative estimate of drug-likeness (QED) is 0.562. The molecule has 1 heterocycles. The lowest BCUT2D eigenvalue weighted by atomic mass is 10.2. The number of amides is 1. The van der Waals surface area contributed by atoms with Crippen molar-refractivity contribution in [2.45, 2.75) is 10.9 Å². The van der Waals surface area contributed by atoms with Crippen molar-refractivity contribution in [1.29, 1.82) is 0 Å². The van der Waals surface area contributed by atoms with Gasteiger partial charge in [-0.05, 0) is 29.8 Å². The molecule has 140 valence electrons. The molecule has 0 unspecified atom stereocenters. The van der Waals surface area contributed by atoms with Crippen molar-refractivity contribution in [3.63, 3.8) is 0 Å². The average Bonchev–Trinajstić information content (AvgIpc) is 3.13. The molecule has 0 fully saturated rings. The van der Waals surface area contributed by atoms with Crippen LogP contribution in [-0.4, -0.2) is 36.0 Å². The van der Waals surface area contributed by atoms with Gasteiger partial charge >= 0.3 is 0 Å². The lowest BCUT2D eigenvalue weighted by Crippen LogP contribution is -2.24. The Morgan fingerprint density at radius 2 is 1.81 bits per heavy atom. The second kappa shape index (κ2) is 9.38. The standard InChI is InChI=1S/C19H21N5OS2/c1-24(2)16-10-8-14(9-11-16)12-20-17(25)13-26-19-23-22-18(27-19)21-15-6-4-3-5-7-15/h3-11H,12-13H2,1-2H3,(H,20,25)(H,21,22). The number of hydrogen-bond acceptors (Lipinski definition) is 7. The van der Waals surface area contributed by atoms with Crippen LogP contribution in [0.5, 0.6) is 0 Å². The van der Waals surface area contributed by atoms with E-state index >= 15 is 0 Å². The maximum absolute atomic E-state index is 12.1. The first-order valence-electron chi connectivity index (χ1n) is 8.41. The highest BCUT2D eigenvalue weighted by atomic mass is 32.2. The fourth-order valence-corrected chi connectivity index (χ4v) is 3.86. The number of nitrogens with one attached hydrogen (secondary N) is 2. The molecule has 0 aliphatic heterocycles. The molecule has 27 heavy (non-hydrogen) atoms. The summed E-state index contributed by atoms with van der Waals surface area (Å²) < 4.78 is 0.763. The Balaban J connectivity index is 1.42. The molecule has 0 radical (unpaired) electrons. The molecule has 0 spiro atoms. The first kappa shape index (κ1) is 19.2. The predicted molar refractivity (Wildman–Crippen MR) is 113 cm³/mol. The van der Waals surface area contributed by atoms with Crippen molar-refractivity contribution in [2.75, 3.05) is 30.1 Å². The molecule has 0 aliphatic rings. The molecule has 2 aromatic carbocycles. The molecule has 0 aliphatic carbocycles. The van der Waals surface area contributed by atoms with Crippen LogP contribution in [0.25, 0.3) is 0 Å².